The fraction of sp³-hybridized carbons (Fsp3) is 0.300. The maximum Gasteiger partial charge on any atom is 0.164 e. The van der Waals surface area contributed by atoms with E-state index < -0.39 is 9.84 Å². The summed E-state index contributed by atoms with van der Waals surface area (Å²) in [6.07, 6.45) is 0. The summed E-state index contributed by atoms with van der Waals surface area (Å²) in [5.74, 6) is 0.899. The van der Waals surface area contributed by atoms with Crippen LogP contribution in [0.4, 0.5) is 5.69 Å². The highest BCUT2D eigenvalue weighted by molar-refractivity contribution is 9.10. The number of sulfone groups is 1. The van der Waals surface area contributed by atoms with Gasteiger partial charge in [-0.1, -0.05) is 52.0 Å². The van der Waals surface area contributed by atoms with Gasteiger partial charge < -0.3 is 4.90 Å². The van der Waals surface area contributed by atoms with Crippen LogP contribution in [0.1, 0.15) is 22.8 Å². The monoisotopic (exact) mass is 478 g/mol. The van der Waals surface area contributed by atoms with E-state index in [-0.39, 0.29) is 29.4 Å². The molecule has 2 aliphatic rings. The minimum Gasteiger partial charge on any atom is -0.315 e. The van der Waals surface area contributed by atoms with E-state index in [1.807, 2.05) is 35.2 Å². The van der Waals surface area contributed by atoms with Gasteiger partial charge in [0.05, 0.1) is 23.6 Å². The molecule has 2 aromatic rings. The summed E-state index contributed by atoms with van der Waals surface area (Å²) in [7, 11) is -3.10. The summed E-state index contributed by atoms with van der Waals surface area (Å²) in [6.45, 7) is 1.53. The Balaban J connectivity index is 1.64. The number of carbonyl (C=O) groups is 1. The molecule has 0 amide bonds. The van der Waals surface area contributed by atoms with E-state index in [9.17, 15) is 13.2 Å². The standard InChI is InChI=1S/C20H19BrN2O3S2/c1-13(24)15-3-2-4-17(9-15)23-19-12-28(25,26)11-18(19)22-20(23)27-10-14-5-7-16(21)8-6-14/h2-9,18-19H,10-12H2,1H3/t18-,19+/m0/s1. The largest absolute Gasteiger partial charge is 0.315 e. The highest BCUT2D eigenvalue weighted by atomic mass is 79.9. The summed E-state index contributed by atoms with van der Waals surface area (Å²) in [4.78, 5) is 18.6. The number of hydrogen-bond acceptors (Lipinski definition) is 6. The molecule has 4 rings (SSSR count). The quantitative estimate of drug-likeness (QED) is 0.622. The molecular weight excluding hydrogens is 460 g/mol. The van der Waals surface area contributed by atoms with Crippen LogP contribution in [0.25, 0.3) is 0 Å². The lowest BCUT2D eigenvalue weighted by Crippen LogP contribution is -2.39. The molecule has 146 valence electrons. The number of halogens is 1. The average Bonchev–Trinajstić information content (AvgIpc) is 3.12. The zero-order valence-corrected chi connectivity index (χ0v) is 18.4. The maximum absolute atomic E-state index is 12.2. The molecule has 0 N–H and O–H groups in total. The Bertz CT molecular complexity index is 1050. The second-order valence-corrected chi connectivity index (χ2v) is 11.0. The predicted molar refractivity (Wildman–Crippen MR) is 118 cm³/mol. The van der Waals surface area contributed by atoms with Gasteiger partial charge in [-0.05, 0) is 36.8 Å². The molecule has 2 heterocycles. The van der Waals surface area contributed by atoms with Crippen LogP contribution in [0.3, 0.4) is 0 Å². The topological polar surface area (TPSA) is 66.8 Å². The Morgan fingerprint density at radius 3 is 2.68 bits per heavy atom. The van der Waals surface area contributed by atoms with Crippen molar-refractivity contribution in [3.63, 3.8) is 0 Å². The minimum absolute atomic E-state index is 0.0161. The maximum atomic E-state index is 12.2. The first-order valence-electron chi connectivity index (χ1n) is 8.88. The van der Waals surface area contributed by atoms with Crippen molar-refractivity contribution < 1.29 is 13.2 Å². The number of fused-ring (bicyclic) bond motifs is 1. The third-order valence-corrected chi connectivity index (χ3v) is 8.18. The first-order chi connectivity index (χ1) is 13.3. The minimum atomic E-state index is -3.10. The van der Waals surface area contributed by atoms with Crippen molar-refractivity contribution in [3.8, 4) is 0 Å². The molecule has 0 unspecified atom stereocenters. The Morgan fingerprint density at radius 2 is 1.96 bits per heavy atom. The number of rotatable bonds is 4. The number of carbonyl (C=O) groups excluding carboxylic acids is 1. The van der Waals surface area contributed by atoms with Gasteiger partial charge in [-0.3, -0.25) is 9.79 Å². The molecule has 2 aliphatic heterocycles. The molecule has 2 atom stereocenters. The van der Waals surface area contributed by atoms with Gasteiger partial charge in [-0.15, -0.1) is 0 Å². The summed E-state index contributed by atoms with van der Waals surface area (Å²) in [5.41, 5.74) is 2.59. The number of anilines is 1. The van der Waals surface area contributed by atoms with Crippen LogP contribution in [0.15, 0.2) is 58.0 Å². The van der Waals surface area contributed by atoms with Crippen molar-refractivity contribution in [1.29, 1.82) is 0 Å². The van der Waals surface area contributed by atoms with E-state index in [1.165, 1.54) is 6.92 Å². The molecule has 2 aromatic carbocycles. The summed E-state index contributed by atoms with van der Waals surface area (Å²) in [6, 6.07) is 15.0. The third-order valence-electron chi connectivity index (χ3n) is 4.92. The van der Waals surface area contributed by atoms with Crippen molar-refractivity contribution in [3.05, 3.63) is 64.1 Å². The van der Waals surface area contributed by atoms with Gasteiger partial charge in [-0.2, -0.15) is 0 Å². The van der Waals surface area contributed by atoms with Crippen LogP contribution in [0.5, 0.6) is 0 Å². The van der Waals surface area contributed by atoms with E-state index in [4.69, 9.17) is 4.99 Å². The first kappa shape index (κ1) is 19.7. The Labute approximate surface area is 177 Å². The van der Waals surface area contributed by atoms with Crippen LogP contribution >= 0.6 is 27.7 Å². The molecule has 0 saturated carbocycles. The van der Waals surface area contributed by atoms with Gasteiger partial charge >= 0.3 is 0 Å². The van der Waals surface area contributed by atoms with Crippen LogP contribution in [-0.2, 0) is 15.6 Å². The van der Waals surface area contributed by atoms with Crippen LogP contribution in [0, 0.1) is 0 Å². The fourth-order valence-electron chi connectivity index (χ4n) is 3.54. The molecule has 8 heteroatoms. The zero-order valence-electron chi connectivity index (χ0n) is 15.2. The number of amidine groups is 1. The number of nitrogens with zero attached hydrogens (tertiary/aromatic N) is 2. The van der Waals surface area contributed by atoms with Crippen molar-refractivity contribution in [1.82, 2.24) is 0 Å². The number of benzene rings is 2. The molecular formula is C20H19BrN2O3S2. The highest BCUT2D eigenvalue weighted by Gasteiger charge is 2.47. The molecule has 0 radical (unpaired) electrons. The summed E-state index contributed by atoms with van der Waals surface area (Å²) < 4.78 is 25.3. The van der Waals surface area contributed by atoms with Gasteiger partial charge in [0.1, 0.15) is 0 Å². The fourth-order valence-corrected chi connectivity index (χ4v) is 6.73. The van der Waals surface area contributed by atoms with Crippen molar-refractivity contribution >= 4 is 54.2 Å². The Kier molecular flexibility index (Phi) is 5.37. The molecule has 0 bridgehead atoms. The number of aliphatic imine (C=N–C) groups is 1. The van der Waals surface area contributed by atoms with Crippen LogP contribution in [0.2, 0.25) is 0 Å². The highest BCUT2D eigenvalue weighted by Crippen LogP contribution is 2.36. The van der Waals surface area contributed by atoms with Gasteiger partial charge in [0.15, 0.2) is 20.8 Å². The molecule has 1 saturated heterocycles. The van der Waals surface area contributed by atoms with E-state index in [0.717, 1.165) is 26.6 Å². The molecule has 28 heavy (non-hydrogen) atoms. The Morgan fingerprint density at radius 1 is 1.21 bits per heavy atom. The second kappa shape index (κ2) is 7.65. The van der Waals surface area contributed by atoms with E-state index in [1.54, 1.807) is 17.8 Å². The van der Waals surface area contributed by atoms with Gasteiger partial charge in [0.25, 0.3) is 0 Å². The third kappa shape index (κ3) is 4.04. The number of hydrogen-bond donors (Lipinski definition) is 0. The second-order valence-electron chi connectivity index (χ2n) is 7.01. The predicted octanol–water partition coefficient (Wildman–Crippen LogP) is 3.93. The smallest absolute Gasteiger partial charge is 0.164 e. The van der Waals surface area contributed by atoms with Crippen molar-refractivity contribution in [2.45, 2.75) is 24.8 Å². The van der Waals surface area contributed by atoms with Crippen LogP contribution in [-0.4, -0.2) is 43.0 Å². The van der Waals surface area contributed by atoms with Gasteiger partial charge in [-0.25, -0.2) is 8.42 Å². The normalized spacial score (nSPS) is 22.8. The summed E-state index contributed by atoms with van der Waals surface area (Å²) >= 11 is 5.04. The number of thioether (sulfide) groups is 1. The van der Waals surface area contributed by atoms with Crippen molar-refractivity contribution in [2.24, 2.45) is 4.99 Å². The van der Waals surface area contributed by atoms with E-state index >= 15 is 0 Å². The molecule has 0 aromatic heterocycles. The SMILES string of the molecule is CC(=O)c1cccc(N2C(SCc3ccc(Br)cc3)=N[C@H]3CS(=O)(=O)C[C@H]32)c1. The summed E-state index contributed by atoms with van der Waals surface area (Å²) in [5, 5.41) is 0.813. The average molecular weight is 479 g/mol. The molecule has 0 aliphatic carbocycles. The molecule has 5 nitrogen and oxygen atoms in total. The van der Waals surface area contributed by atoms with Crippen molar-refractivity contribution in [2.75, 3.05) is 16.4 Å². The van der Waals surface area contributed by atoms with E-state index in [2.05, 4.69) is 28.1 Å². The first-order valence-corrected chi connectivity index (χ1v) is 12.5. The lowest BCUT2D eigenvalue weighted by atomic mass is 10.1. The van der Waals surface area contributed by atoms with Crippen LogP contribution < -0.4 is 4.90 Å². The number of ketones is 1. The van der Waals surface area contributed by atoms with E-state index in [0.29, 0.717) is 5.56 Å². The van der Waals surface area contributed by atoms with Gasteiger partial charge in [0, 0.05) is 21.5 Å². The zero-order chi connectivity index (χ0) is 19.9. The molecule has 0 spiro atoms. The lowest BCUT2D eigenvalue weighted by molar-refractivity contribution is 0.101. The Hall–Kier alpha value is -1.64. The lowest BCUT2D eigenvalue weighted by Gasteiger charge is -2.26. The molecule has 1 fully saturated rings. The number of Topliss-reactive ketones (excluding diaryl/α,β-unsaturated/α-hetero) is 1. The van der Waals surface area contributed by atoms with Gasteiger partial charge in [0.2, 0.25) is 0 Å².